The van der Waals surface area contributed by atoms with Crippen LogP contribution in [-0.2, 0) is 6.42 Å². The topological polar surface area (TPSA) is 71.9 Å². The summed E-state index contributed by atoms with van der Waals surface area (Å²) in [6, 6.07) is 9.68. The van der Waals surface area contributed by atoms with Gasteiger partial charge in [-0.25, -0.2) is 0 Å². The summed E-state index contributed by atoms with van der Waals surface area (Å²) in [5.74, 6) is 1.67. The summed E-state index contributed by atoms with van der Waals surface area (Å²) in [5, 5.41) is 16.7. The van der Waals surface area contributed by atoms with Gasteiger partial charge in [-0.1, -0.05) is 23.9 Å². The SMILES string of the molecule is COc1ccc(Cc2nnc(SCC#N)o2)cc1. The summed E-state index contributed by atoms with van der Waals surface area (Å²) in [4.78, 5) is 0. The van der Waals surface area contributed by atoms with Crippen LogP contribution in [0.4, 0.5) is 0 Å². The van der Waals surface area contributed by atoms with Crippen molar-refractivity contribution in [2.24, 2.45) is 0 Å². The van der Waals surface area contributed by atoms with Crippen LogP contribution in [0.15, 0.2) is 33.9 Å². The number of benzene rings is 1. The number of rotatable bonds is 5. The zero-order valence-electron chi connectivity index (χ0n) is 9.79. The molecule has 0 aliphatic heterocycles. The lowest BCUT2D eigenvalue weighted by atomic mass is 10.1. The van der Waals surface area contributed by atoms with Gasteiger partial charge in [0, 0.05) is 0 Å². The van der Waals surface area contributed by atoms with E-state index in [4.69, 9.17) is 14.4 Å². The van der Waals surface area contributed by atoms with Crippen LogP contribution >= 0.6 is 11.8 Å². The summed E-state index contributed by atoms with van der Waals surface area (Å²) in [6.07, 6.45) is 0.574. The van der Waals surface area contributed by atoms with Crippen LogP contribution in [0.25, 0.3) is 0 Å². The van der Waals surface area contributed by atoms with Crippen molar-refractivity contribution in [1.29, 1.82) is 5.26 Å². The first-order valence-electron chi connectivity index (χ1n) is 5.27. The Bertz CT molecular complexity index is 545. The molecule has 0 fully saturated rings. The number of nitriles is 1. The second kappa shape index (κ2) is 6.07. The Morgan fingerprint density at radius 1 is 1.33 bits per heavy atom. The van der Waals surface area contributed by atoms with Gasteiger partial charge in [0.05, 0.1) is 25.4 Å². The molecule has 0 saturated heterocycles. The highest BCUT2D eigenvalue weighted by Gasteiger charge is 2.07. The van der Waals surface area contributed by atoms with Gasteiger partial charge >= 0.3 is 0 Å². The van der Waals surface area contributed by atoms with E-state index in [-0.39, 0.29) is 0 Å². The van der Waals surface area contributed by atoms with Crippen LogP contribution in [0.3, 0.4) is 0 Å². The molecule has 0 N–H and O–H groups in total. The fourth-order valence-corrected chi connectivity index (χ4v) is 1.82. The lowest BCUT2D eigenvalue weighted by Gasteiger charge is -2.00. The lowest BCUT2D eigenvalue weighted by molar-refractivity contribution is 0.413. The van der Waals surface area contributed by atoms with Gasteiger partial charge in [-0.15, -0.1) is 10.2 Å². The van der Waals surface area contributed by atoms with E-state index in [1.165, 1.54) is 11.8 Å². The molecule has 6 heteroatoms. The number of ether oxygens (including phenoxy) is 1. The Morgan fingerprint density at radius 2 is 2.11 bits per heavy atom. The second-order valence-corrected chi connectivity index (χ2v) is 4.36. The first kappa shape index (κ1) is 12.5. The van der Waals surface area contributed by atoms with Gasteiger partial charge in [-0.05, 0) is 17.7 Å². The predicted octanol–water partition coefficient (Wildman–Crippen LogP) is 2.28. The van der Waals surface area contributed by atoms with Crippen molar-refractivity contribution in [2.75, 3.05) is 12.9 Å². The molecular formula is C12H11N3O2S. The van der Waals surface area contributed by atoms with Crippen LogP contribution in [-0.4, -0.2) is 23.1 Å². The fourth-order valence-electron chi connectivity index (χ4n) is 1.38. The Morgan fingerprint density at radius 3 is 2.78 bits per heavy atom. The van der Waals surface area contributed by atoms with E-state index in [1.54, 1.807) is 7.11 Å². The summed E-state index contributed by atoms with van der Waals surface area (Å²) in [6.45, 7) is 0. The fraction of sp³-hybridized carbons (Fsp3) is 0.250. The highest BCUT2D eigenvalue weighted by atomic mass is 32.2. The van der Waals surface area contributed by atoms with Crippen molar-refractivity contribution in [2.45, 2.75) is 11.6 Å². The molecule has 0 aliphatic carbocycles. The molecule has 2 rings (SSSR count). The number of methoxy groups -OCH3 is 1. The van der Waals surface area contributed by atoms with Crippen molar-refractivity contribution in [3.05, 3.63) is 35.7 Å². The molecule has 1 aromatic carbocycles. The van der Waals surface area contributed by atoms with Crippen LogP contribution in [0.1, 0.15) is 11.5 Å². The molecule has 0 radical (unpaired) electrons. The van der Waals surface area contributed by atoms with E-state index in [2.05, 4.69) is 10.2 Å². The summed E-state index contributed by atoms with van der Waals surface area (Å²) < 4.78 is 10.5. The summed E-state index contributed by atoms with van der Waals surface area (Å²) in [7, 11) is 1.63. The van der Waals surface area contributed by atoms with Gasteiger partial charge in [-0.3, -0.25) is 0 Å². The Balaban J connectivity index is 2.00. The van der Waals surface area contributed by atoms with Crippen molar-refractivity contribution in [1.82, 2.24) is 10.2 Å². The predicted molar refractivity (Wildman–Crippen MR) is 66.4 cm³/mol. The minimum Gasteiger partial charge on any atom is -0.497 e. The second-order valence-electron chi connectivity index (χ2n) is 3.43. The Hall–Kier alpha value is -2.00. The number of aromatic nitrogens is 2. The van der Waals surface area contributed by atoms with Crippen LogP contribution < -0.4 is 4.74 Å². The first-order chi connectivity index (χ1) is 8.81. The van der Waals surface area contributed by atoms with Gasteiger partial charge in [0.15, 0.2) is 0 Å². The molecule has 2 aromatic rings. The Labute approximate surface area is 109 Å². The van der Waals surface area contributed by atoms with Crippen LogP contribution in [0.5, 0.6) is 5.75 Å². The van der Waals surface area contributed by atoms with E-state index < -0.39 is 0 Å². The van der Waals surface area contributed by atoms with Gasteiger partial charge < -0.3 is 9.15 Å². The highest BCUT2D eigenvalue weighted by molar-refractivity contribution is 7.99. The third-order valence-electron chi connectivity index (χ3n) is 2.22. The van der Waals surface area contributed by atoms with Gasteiger partial charge in [0.25, 0.3) is 5.22 Å². The third-order valence-corrected chi connectivity index (χ3v) is 2.91. The standard InChI is InChI=1S/C12H11N3O2S/c1-16-10-4-2-9(3-5-10)8-11-14-15-12(17-11)18-7-6-13/h2-5H,7-8H2,1H3. The molecule has 92 valence electrons. The molecular weight excluding hydrogens is 250 g/mol. The molecule has 0 atom stereocenters. The normalized spacial score (nSPS) is 10.0. The lowest BCUT2D eigenvalue weighted by Crippen LogP contribution is -1.89. The van der Waals surface area contributed by atoms with Crippen molar-refractivity contribution in [3.8, 4) is 11.8 Å². The van der Waals surface area contributed by atoms with Crippen LogP contribution in [0.2, 0.25) is 0 Å². The van der Waals surface area contributed by atoms with E-state index in [1.807, 2.05) is 30.3 Å². The summed E-state index contributed by atoms with van der Waals surface area (Å²) >= 11 is 1.24. The van der Waals surface area contributed by atoms with Gasteiger partial charge in [0.1, 0.15) is 5.75 Å². The first-order valence-corrected chi connectivity index (χ1v) is 6.25. The average Bonchev–Trinajstić information content (AvgIpc) is 2.85. The van der Waals surface area contributed by atoms with Crippen LogP contribution in [0, 0.1) is 11.3 Å². The number of thioether (sulfide) groups is 1. The molecule has 1 heterocycles. The minimum atomic E-state index is 0.310. The average molecular weight is 261 g/mol. The maximum Gasteiger partial charge on any atom is 0.277 e. The van der Waals surface area contributed by atoms with E-state index >= 15 is 0 Å². The van der Waals surface area contributed by atoms with Gasteiger partial charge in [0.2, 0.25) is 5.89 Å². The molecule has 5 nitrogen and oxygen atoms in total. The number of nitrogens with zero attached hydrogens (tertiary/aromatic N) is 3. The van der Waals surface area contributed by atoms with Gasteiger partial charge in [-0.2, -0.15) is 5.26 Å². The van der Waals surface area contributed by atoms with Crippen molar-refractivity contribution >= 4 is 11.8 Å². The van der Waals surface area contributed by atoms with E-state index in [0.717, 1.165) is 11.3 Å². The molecule has 0 spiro atoms. The smallest absolute Gasteiger partial charge is 0.277 e. The number of hydrogen-bond donors (Lipinski definition) is 0. The maximum absolute atomic E-state index is 8.45. The molecule has 0 bridgehead atoms. The van der Waals surface area contributed by atoms with Crippen molar-refractivity contribution < 1.29 is 9.15 Å². The van der Waals surface area contributed by atoms with E-state index in [9.17, 15) is 0 Å². The van der Waals surface area contributed by atoms with Crippen molar-refractivity contribution in [3.63, 3.8) is 0 Å². The third kappa shape index (κ3) is 3.25. The zero-order valence-corrected chi connectivity index (χ0v) is 10.6. The highest BCUT2D eigenvalue weighted by Crippen LogP contribution is 2.18. The molecule has 0 unspecified atom stereocenters. The Kier molecular flexibility index (Phi) is 4.20. The monoisotopic (exact) mass is 261 g/mol. The molecule has 1 aromatic heterocycles. The summed E-state index contributed by atoms with van der Waals surface area (Å²) in [5.41, 5.74) is 1.07. The number of hydrogen-bond acceptors (Lipinski definition) is 6. The molecule has 0 saturated carbocycles. The minimum absolute atomic E-state index is 0.310. The molecule has 0 aliphatic rings. The van der Waals surface area contributed by atoms with E-state index in [0.29, 0.717) is 23.3 Å². The molecule has 0 amide bonds. The quantitative estimate of drug-likeness (QED) is 0.769. The molecule has 18 heavy (non-hydrogen) atoms. The maximum atomic E-state index is 8.45. The zero-order chi connectivity index (χ0) is 12.8. The largest absolute Gasteiger partial charge is 0.497 e.